The van der Waals surface area contributed by atoms with Crippen molar-refractivity contribution in [2.45, 2.75) is 5.41 Å². The molecule has 10 rings (SSSR count). The van der Waals surface area contributed by atoms with E-state index in [1.54, 1.807) is 0 Å². The standard InChI is InChI=1S/C49H31N/c1-3-14-34(15-4-1)30-31-49(39-28-26-36(27-29-39)35-16-5-2-6-17-35)43-22-11-9-21-41(43)48-44(49)23-13-25-46(48)50-45-24-12-10-20-40(45)42-32-37-18-7-8-19-38(37)33-47(42)50/h1-29,32-33H. The molecule has 0 aliphatic heterocycles. The average Bonchev–Trinajstić information content (AvgIpc) is 3.67. The molecule has 1 unspecified atom stereocenters. The van der Waals surface area contributed by atoms with Gasteiger partial charge in [0, 0.05) is 21.9 Å². The summed E-state index contributed by atoms with van der Waals surface area (Å²) in [5.41, 5.74) is 12.3. The van der Waals surface area contributed by atoms with Crippen molar-refractivity contribution in [3.63, 3.8) is 0 Å². The Morgan fingerprint density at radius 3 is 1.90 bits per heavy atom. The number of hydrogen-bond donors (Lipinski definition) is 0. The molecular weight excluding hydrogens is 603 g/mol. The van der Waals surface area contributed by atoms with E-state index >= 15 is 0 Å². The van der Waals surface area contributed by atoms with E-state index in [1.807, 2.05) is 6.07 Å². The van der Waals surface area contributed by atoms with Gasteiger partial charge in [0.15, 0.2) is 0 Å². The second-order valence-electron chi connectivity index (χ2n) is 13.1. The van der Waals surface area contributed by atoms with E-state index in [4.69, 9.17) is 0 Å². The molecule has 0 bridgehead atoms. The minimum atomic E-state index is -0.682. The lowest BCUT2D eigenvalue weighted by Gasteiger charge is -2.28. The Balaban J connectivity index is 1.29. The van der Waals surface area contributed by atoms with Crippen LogP contribution < -0.4 is 0 Å². The monoisotopic (exact) mass is 633 g/mol. The fourth-order valence-electron chi connectivity index (χ4n) is 8.16. The van der Waals surface area contributed by atoms with E-state index in [9.17, 15) is 0 Å². The first-order chi connectivity index (χ1) is 24.8. The highest BCUT2D eigenvalue weighted by Crippen LogP contribution is 2.55. The maximum atomic E-state index is 3.91. The Bertz CT molecular complexity index is 2790. The van der Waals surface area contributed by atoms with Crippen molar-refractivity contribution in [1.82, 2.24) is 4.57 Å². The number of nitrogens with zero attached hydrogens (tertiary/aromatic N) is 1. The fourth-order valence-corrected chi connectivity index (χ4v) is 8.16. The zero-order valence-electron chi connectivity index (χ0n) is 27.3. The van der Waals surface area contributed by atoms with Gasteiger partial charge in [-0.25, -0.2) is 0 Å². The highest BCUT2D eigenvalue weighted by Gasteiger charge is 2.45. The topological polar surface area (TPSA) is 4.93 Å². The third-order valence-corrected chi connectivity index (χ3v) is 10.4. The Morgan fingerprint density at radius 1 is 0.440 bits per heavy atom. The van der Waals surface area contributed by atoms with Gasteiger partial charge >= 0.3 is 0 Å². The summed E-state index contributed by atoms with van der Waals surface area (Å²) in [6.07, 6.45) is 0. The van der Waals surface area contributed by atoms with Gasteiger partial charge in [-0.15, -0.1) is 0 Å². The Kier molecular flexibility index (Phi) is 6.38. The average molecular weight is 634 g/mol. The van der Waals surface area contributed by atoms with Crippen molar-refractivity contribution >= 4 is 32.6 Å². The number of aromatic nitrogens is 1. The molecule has 1 aromatic heterocycles. The summed E-state index contributed by atoms with van der Waals surface area (Å²) < 4.78 is 2.48. The van der Waals surface area contributed by atoms with Crippen LogP contribution in [0.1, 0.15) is 22.3 Å². The Labute approximate surface area is 291 Å². The normalized spacial score (nSPS) is 14.7. The van der Waals surface area contributed by atoms with Crippen LogP contribution in [0.15, 0.2) is 188 Å². The number of rotatable bonds is 3. The number of benzene rings is 8. The third-order valence-electron chi connectivity index (χ3n) is 10.4. The lowest BCUT2D eigenvalue weighted by atomic mass is 9.72. The number of fused-ring (bicyclic) bond motifs is 7. The summed E-state index contributed by atoms with van der Waals surface area (Å²) >= 11 is 0. The van der Waals surface area contributed by atoms with Gasteiger partial charge in [0.1, 0.15) is 5.41 Å². The maximum Gasteiger partial charge on any atom is 0.108 e. The first-order valence-electron chi connectivity index (χ1n) is 17.2. The Hall–Kier alpha value is -6.62. The van der Waals surface area contributed by atoms with Crippen molar-refractivity contribution in [2.24, 2.45) is 0 Å². The van der Waals surface area contributed by atoms with Crippen LogP contribution in [0.3, 0.4) is 0 Å². The molecule has 1 heteroatoms. The van der Waals surface area contributed by atoms with Crippen LogP contribution in [0.2, 0.25) is 0 Å². The van der Waals surface area contributed by atoms with Gasteiger partial charge in [0.25, 0.3) is 0 Å². The van der Waals surface area contributed by atoms with Crippen LogP contribution in [0.5, 0.6) is 0 Å². The molecule has 0 saturated heterocycles. The summed E-state index contributed by atoms with van der Waals surface area (Å²) in [7, 11) is 0. The molecule has 0 spiro atoms. The molecule has 0 saturated carbocycles. The van der Waals surface area contributed by atoms with E-state index in [0.717, 1.165) is 11.1 Å². The second-order valence-corrected chi connectivity index (χ2v) is 13.1. The van der Waals surface area contributed by atoms with Crippen LogP contribution in [-0.4, -0.2) is 4.57 Å². The minimum absolute atomic E-state index is 0.682. The summed E-state index contributed by atoms with van der Waals surface area (Å²) in [5.74, 6) is 7.54. The Morgan fingerprint density at radius 2 is 1.08 bits per heavy atom. The number of para-hydroxylation sites is 1. The van der Waals surface area contributed by atoms with E-state index in [1.165, 1.54) is 71.6 Å². The van der Waals surface area contributed by atoms with Crippen molar-refractivity contribution < 1.29 is 0 Å². The van der Waals surface area contributed by atoms with Crippen molar-refractivity contribution in [1.29, 1.82) is 0 Å². The van der Waals surface area contributed by atoms with Crippen LogP contribution in [0.4, 0.5) is 0 Å². The van der Waals surface area contributed by atoms with Crippen LogP contribution >= 0.6 is 0 Å². The second kappa shape index (κ2) is 11.2. The molecule has 1 nitrogen and oxygen atoms in total. The van der Waals surface area contributed by atoms with Crippen molar-refractivity contribution in [3.8, 4) is 39.8 Å². The quantitative estimate of drug-likeness (QED) is 0.171. The molecule has 8 aromatic carbocycles. The van der Waals surface area contributed by atoms with Crippen LogP contribution in [0, 0.1) is 11.8 Å². The van der Waals surface area contributed by atoms with Gasteiger partial charge in [0.05, 0.1) is 16.7 Å². The van der Waals surface area contributed by atoms with Gasteiger partial charge in [-0.05, 0) is 80.6 Å². The zero-order valence-corrected chi connectivity index (χ0v) is 27.3. The molecular formula is C49H31N. The first kappa shape index (κ1) is 28.4. The van der Waals surface area contributed by atoms with Gasteiger partial charge in [0.2, 0.25) is 0 Å². The lowest BCUT2D eigenvalue weighted by molar-refractivity contribution is 0.836. The van der Waals surface area contributed by atoms with Gasteiger partial charge in [-0.2, -0.15) is 0 Å². The first-order valence-corrected chi connectivity index (χ1v) is 17.2. The molecule has 0 N–H and O–H groups in total. The molecule has 1 heterocycles. The largest absolute Gasteiger partial charge is 0.309 e. The molecule has 1 atom stereocenters. The molecule has 50 heavy (non-hydrogen) atoms. The van der Waals surface area contributed by atoms with Crippen LogP contribution in [-0.2, 0) is 5.41 Å². The highest BCUT2D eigenvalue weighted by atomic mass is 15.0. The van der Waals surface area contributed by atoms with Gasteiger partial charge < -0.3 is 4.57 Å². The summed E-state index contributed by atoms with van der Waals surface area (Å²) in [6.45, 7) is 0. The summed E-state index contributed by atoms with van der Waals surface area (Å²) in [6, 6.07) is 67.9. The predicted molar refractivity (Wildman–Crippen MR) is 209 cm³/mol. The molecule has 1 aliphatic rings. The number of hydrogen-bond acceptors (Lipinski definition) is 0. The molecule has 0 fully saturated rings. The van der Waals surface area contributed by atoms with Crippen molar-refractivity contribution in [3.05, 3.63) is 210 Å². The molecule has 1 aliphatic carbocycles. The van der Waals surface area contributed by atoms with E-state index in [0.29, 0.717) is 0 Å². The third kappa shape index (κ3) is 4.22. The smallest absolute Gasteiger partial charge is 0.108 e. The van der Waals surface area contributed by atoms with E-state index < -0.39 is 5.41 Å². The minimum Gasteiger partial charge on any atom is -0.309 e. The molecule has 9 aromatic rings. The van der Waals surface area contributed by atoms with Gasteiger partial charge in [-0.1, -0.05) is 164 Å². The molecule has 232 valence electrons. The predicted octanol–water partition coefficient (Wildman–Crippen LogP) is 12.0. The molecule has 0 amide bonds. The maximum absolute atomic E-state index is 3.91. The SMILES string of the molecule is C(#CC1(c2ccc(-c3ccccc3)cc2)c2ccccc2-c2c(-n3c4ccccc4c4cc5ccccc5cc43)cccc21)c1ccccc1. The fraction of sp³-hybridized carbons (Fsp3) is 0.0204. The lowest BCUT2D eigenvalue weighted by Crippen LogP contribution is -2.25. The molecule has 0 radical (unpaired) electrons. The van der Waals surface area contributed by atoms with Crippen molar-refractivity contribution in [2.75, 3.05) is 0 Å². The summed E-state index contributed by atoms with van der Waals surface area (Å²) in [5, 5.41) is 5.00. The highest BCUT2D eigenvalue weighted by molar-refractivity contribution is 6.14. The zero-order chi connectivity index (χ0) is 33.1. The van der Waals surface area contributed by atoms with Crippen LogP contribution in [0.25, 0.3) is 60.5 Å². The van der Waals surface area contributed by atoms with E-state index in [-0.39, 0.29) is 0 Å². The van der Waals surface area contributed by atoms with E-state index in [2.05, 4.69) is 198 Å². The van der Waals surface area contributed by atoms with Gasteiger partial charge in [-0.3, -0.25) is 0 Å². The summed E-state index contributed by atoms with van der Waals surface area (Å²) in [4.78, 5) is 0.